The van der Waals surface area contributed by atoms with Crippen molar-refractivity contribution in [2.75, 3.05) is 26.7 Å². The third-order valence-electron chi connectivity index (χ3n) is 4.48. The Hall–Kier alpha value is -1.53. The van der Waals surface area contributed by atoms with E-state index in [9.17, 15) is 13.6 Å². The van der Waals surface area contributed by atoms with Crippen LogP contribution in [0.3, 0.4) is 0 Å². The van der Waals surface area contributed by atoms with Gasteiger partial charge in [0.15, 0.2) is 11.6 Å². The molecule has 0 amide bonds. The first kappa shape index (κ1) is 16.8. The maximum atomic E-state index is 13.3. The normalized spacial score (nSPS) is 18.6. The van der Waals surface area contributed by atoms with Crippen LogP contribution in [-0.2, 0) is 4.79 Å². The van der Waals surface area contributed by atoms with Gasteiger partial charge in [0.1, 0.15) is 0 Å². The van der Waals surface area contributed by atoms with Crippen LogP contribution in [0.5, 0.6) is 0 Å². The average molecular weight is 312 g/mol. The van der Waals surface area contributed by atoms with E-state index in [1.807, 2.05) is 18.9 Å². The van der Waals surface area contributed by atoms with Gasteiger partial charge < -0.3 is 5.11 Å². The molecule has 1 fully saturated rings. The molecule has 0 spiro atoms. The summed E-state index contributed by atoms with van der Waals surface area (Å²) in [6.45, 7) is 3.65. The minimum atomic E-state index is -0.829. The summed E-state index contributed by atoms with van der Waals surface area (Å²) < 4.78 is 26.3. The summed E-state index contributed by atoms with van der Waals surface area (Å²) >= 11 is 0. The van der Waals surface area contributed by atoms with Crippen LogP contribution in [0.2, 0.25) is 0 Å². The first-order chi connectivity index (χ1) is 10.4. The van der Waals surface area contributed by atoms with E-state index in [4.69, 9.17) is 5.11 Å². The topological polar surface area (TPSA) is 43.8 Å². The summed E-state index contributed by atoms with van der Waals surface area (Å²) in [5, 5.41) is 8.83. The van der Waals surface area contributed by atoms with E-state index in [1.54, 1.807) is 6.07 Å². The Morgan fingerprint density at radius 1 is 1.36 bits per heavy atom. The fourth-order valence-electron chi connectivity index (χ4n) is 3.04. The summed E-state index contributed by atoms with van der Waals surface area (Å²) in [5.41, 5.74) is 0.760. The van der Waals surface area contributed by atoms with Crippen molar-refractivity contribution in [2.45, 2.75) is 31.8 Å². The largest absolute Gasteiger partial charge is 0.480 e. The Labute approximate surface area is 129 Å². The van der Waals surface area contributed by atoms with Crippen molar-refractivity contribution < 1.29 is 18.7 Å². The fourth-order valence-corrected chi connectivity index (χ4v) is 3.04. The van der Waals surface area contributed by atoms with E-state index in [2.05, 4.69) is 4.90 Å². The number of nitrogens with zero attached hydrogens (tertiary/aromatic N) is 2. The maximum absolute atomic E-state index is 13.3. The van der Waals surface area contributed by atoms with Gasteiger partial charge in [0.2, 0.25) is 0 Å². The number of carboxylic acid groups (broad SMARTS) is 1. The number of carbonyl (C=O) groups is 1. The average Bonchev–Trinajstić information content (AvgIpc) is 2.49. The molecule has 1 atom stereocenters. The molecule has 0 saturated carbocycles. The number of likely N-dealkylation sites (tertiary alicyclic amines) is 1. The number of likely N-dealkylation sites (N-methyl/N-ethyl adjacent to an activating group) is 1. The molecule has 1 aliphatic rings. The number of hydrogen-bond donors (Lipinski definition) is 1. The first-order valence-electron chi connectivity index (χ1n) is 7.49. The maximum Gasteiger partial charge on any atom is 0.317 e. The standard InChI is InChI=1S/C16H22F2N2O2/c1-11(12-3-4-14(17)15(18)9-12)20-7-5-13(6-8-20)19(2)10-16(21)22/h3-4,9,11,13H,5-8,10H2,1-2H3,(H,21,22). The fraction of sp³-hybridized carbons (Fsp3) is 0.562. The van der Waals surface area contributed by atoms with Gasteiger partial charge in [-0.1, -0.05) is 6.07 Å². The Morgan fingerprint density at radius 2 is 2.00 bits per heavy atom. The predicted octanol–water partition coefficient (Wildman–Crippen LogP) is 2.51. The third-order valence-corrected chi connectivity index (χ3v) is 4.48. The van der Waals surface area contributed by atoms with E-state index in [-0.39, 0.29) is 18.6 Å². The van der Waals surface area contributed by atoms with Crippen LogP contribution in [0.1, 0.15) is 31.4 Å². The van der Waals surface area contributed by atoms with Crippen molar-refractivity contribution in [3.05, 3.63) is 35.4 Å². The van der Waals surface area contributed by atoms with Gasteiger partial charge >= 0.3 is 5.97 Å². The summed E-state index contributed by atoms with van der Waals surface area (Å²) in [7, 11) is 1.83. The van der Waals surface area contributed by atoms with Crippen molar-refractivity contribution in [1.29, 1.82) is 0 Å². The lowest BCUT2D eigenvalue weighted by molar-refractivity contribution is -0.138. The highest BCUT2D eigenvalue weighted by Gasteiger charge is 2.26. The molecule has 22 heavy (non-hydrogen) atoms. The zero-order valence-electron chi connectivity index (χ0n) is 12.9. The Balaban J connectivity index is 1.93. The highest BCUT2D eigenvalue weighted by molar-refractivity contribution is 5.69. The summed E-state index contributed by atoms with van der Waals surface area (Å²) in [5.74, 6) is -2.47. The highest BCUT2D eigenvalue weighted by atomic mass is 19.2. The number of carboxylic acids is 1. The molecule has 1 saturated heterocycles. The zero-order chi connectivity index (χ0) is 16.3. The van der Waals surface area contributed by atoms with E-state index in [0.29, 0.717) is 0 Å². The van der Waals surface area contributed by atoms with Crippen molar-refractivity contribution in [1.82, 2.24) is 9.80 Å². The summed E-state index contributed by atoms with van der Waals surface area (Å²) in [6.07, 6.45) is 1.75. The van der Waals surface area contributed by atoms with Gasteiger partial charge in [0.05, 0.1) is 6.54 Å². The molecule has 0 aliphatic carbocycles. The number of aliphatic carboxylic acids is 1. The van der Waals surface area contributed by atoms with E-state index in [0.717, 1.165) is 37.6 Å². The molecular formula is C16H22F2N2O2. The molecule has 6 heteroatoms. The molecule has 2 rings (SSSR count). The number of rotatable bonds is 5. The van der Waals surface area contributed by atoms with Crippen molar-refractivity contribution >= 4 is 5.97 Å². The zero-order valence-corrected chi connectivity index (χ0v) is 12.9. The lowest BCUT2D eigenvalue weighted by Gasteiger charge is -2.39. The van der Waals surface area contributed by atoms with Gasteiger partial charge in [-0.15, -0.1) is 0 Å². The molecule has 122 valence electrons. The second-order valence-electron chi connectivity index (χ2n) is 5.93. The first-order valence-corrected chi connectivity index (χ1v) is 7.49. The van der Waals surface area contributed by atoms with Crippen molar-refractivity contribution in [2.24, 2.45) is 0 Å². The van der Waals surface area contributed by atoms with Gasteiger partial charge in [-0.2, -0.15) is 0 Å². The minimum Gasteiger partial charge on any atom is -0.480 e. The van der Waals surface area contributed by atoms with Crippen LogP contribution < -0.4 is 0 Å². The monoisotopic (exact) mass is 312 g/mol. The summed E-state index contributed by atoms with van der Waals surface area (Å²) in [4.78, 5) is 14.8. The molecule has 4 nitrogen and oxygen atoms in total. The molecule has 0 aromatic heterocycles. The van der Waals surface area contributed by atoms with Gasteiger partial charge in [-0.05, 0) is 44.5 Å². The number of hydrogen-bond acceptors (Lipinski definition) is 3. The molecule has 1 heterocycles. The molecule has 0 radical (unpaired) electrons. The lowest BCUT2D eigenvalue weighted by atomic mass is 9.99. The minimum absolute atomic E-state index is 0.0147. The van der Waals surface area contributed by atoms with Crippen molar-refractivity contribution in [3.8, 4) is 0 Å². The number of piperidine rings is 1. The van der Waals surface area contributed by atoms with Crippen molar-refractivity contribution in [3.63, 3.8) is 0 Å². The summed E-state index contributed by atoms with van der Waals surface area (Å²) in [6, 6.07) is 4.30. The number of benzene rings is 1. The molecule has 1 N–H and O–H groups in total. The predicted molar refractivity (Wildman–Crippen MR) is 79.6 cm³/mol. The van der Waals surface area contributed by atoms with Crippen LogP contribution >= 0.6 is 0 Å². The van der Waals surface area contributed by atoms with E-state index < -0.39 is 17.6 Å². The third kappa shape index (κ3) is 4.01. The molecule has 1 unspecified atom stereocenters. The van der Waals surface area contributed by atoms with Crippen LogP contribution in [-0.4, -0.2) is 53.6 Å². The van der Waals surface area contributed by atoms with Crippen LogP contribution in [0.15, 0.2) is 18.2 Å². The molecular weight excluding hydrogens is 290 g/mol. The smallest absolute Gasteiger partial charge is 0.317 e. The quantitative estimate of drug-likeness (QED) is 0.907. The van der Waals surface area contributed by atoms with Gasteiger partial charge in [0, 0.05) is 25.2 Å². The second-order valence-corrected chi connectivity index (χ2v) is 5.93. The number of halogens is 2. The second kappa shape index (κ2) is 7.15. The SMILES string of the molecule is CC(c1ccc(F)c(F)c1)N1CCC(N(C)CC(=O)O)CC1. The molecule has 1 aliphatic heterocycles. The molecule has 0 bridgehead atoms. The Bertz CT molecular complexity index is 531. The van der Waals surface area contributed by atoms with Gasteiger partial charge in [-0.3, -0.25) is 14.6 Å². The Kier molecular flexibility index (Phi) is 5.47. The van der Waals surface area contributed by atoms with E-state index in [1.165, 1.54) is 6.07 Å². The van der Waals surface area contributed by atoms with Crippen LogP contribution in [0.25, 0.3) is 0 Å². The Morgan fingerprint density at radius 3 is 2.55 bits per heavy atom. The van der Waals surface area contributed by atoms with Crippen LogP contribution in [0, 0.1) is 11.6 Å². The van der Waals surface area contributed by atoms with Gasteiger partial charge in [0.25, 0.3) is 0 Å². The molecule has 1 aromatic rings. The lowest BCUT2D eigenvalue weighted by Crippen LogP contribution is -2.45. The van der Waals surface area contributed by atoms with Crippen LogP contribution in [0.4, 0.5) is 8.78 Å². The molecule has 1 aromatic carbocycles. The highest BCUT2D eigenvalue weighted by Crippen LogP contribution is 2.26. The van der Waals surface area contributed by atoms with E-state index >= 15 is 0 Å². The van der Waals surface area contributed by atoms with Gasteiger partial charge in [-0.25, -0.2) is 8.78 Å².